The standard InChI is InChI=1S/C27H23N7/c1-19-18-27(30-20(19)2,25-23(15-17-29-25)24-14-9-16-28-24)34-32-26(21-10-5-3-6-11-21)31-33(34)22-12-7-4-8-13-22/h3-18H,1-2H3,(H,31,32). The number of anilines is 1. The quantitative estimate of drug-likeness (QED) is 0.750. The molecule has 7 nitrogen and oxygen atoms in total. The second kappa shape index (κ2) is 7.90. The molecule has 0 aromatic heterocycles. The van der Waals surface area contributed by atoms with Crippen LogP contribution in [-0.4, -0.2) is 34.3 Å². The summed E-state index contributed by atoms with van der Waals surface area (Å²) in [7, 11) is 0. The lowest BCUT2D eigenvalue weighted by Gasteiger charge is -2.39. The average molecular weight is 446 g/mol. The predicted molar refractivity (Wildman–Crippen MR) is 138 cm³/mol. The topological polar surface area (TPSA) is 68.0 Å². The highest BCUT2D eigenvalue weighted by molar-refractivity contribution is 6.17. The number of hydrogen-bond acceptors (Lipinski definition) is 7. The van der Waals surface area contributed by atoms with Crippen molar-refractivity contribution < 1.29 is 0 Å². The monoisotopic (exact) mass is 445 g/mol. The van der Waals surface area contributed by atoms with Crippen molar-refractivity contribution >= 4 is 29.2 Å². The van der Waals surface area contributed by atoms with Crippen LogP contribution in [0.3, 0.4) is 0 Å². The molecule has 1 N–H and O–H groups in total. The van der Waals surface area contributed by atoms with Crippen molar-refractivity contribution in [1.29, 1.82) is 0 Å². The van der Waals surface area contributed by atoms with Crippen LogP contribution in [0.2, 0.25) is 0 Å². The molecule has 0 radical (unpaired) electrons. The molecule has 1 atom stereocenters. The molecule has 0 spiro atoms. The number of hydrogen-bond donors (Lipinski definition) is 1. The first-order chi connectivity index (χ1) is 16.7. The molecule has 4 aliphatic heterocycles. The van der Waals surface area contributed by atoms with Crippen molar-refractivity contribution in [3.63, 3.8) is 0 Å². The number of amidine groups is 1. The molecular formula is C27H23N7. The summed E-state index contributed by atoms with van der Waals surface area (Å²) in [6.45, 7) is 4.10. The van der Waals surface area contributed by atoms with Crippen molar-refractivity contribution in [3.05, 3.63) is 114 Å². The Morgan fingerprint density at radius 3 is 2.35 bits per heavy atom. The van der Waals surface area contributed by atoms with Gasteiger partial charge in [0.2, 0.25) is 5.66 Å². The molecule has 0 fully saturated rings. The maximum Gasteiger partial charge on any atom is 0.213 e. The molecular weight excluding hydrogens is 422 g/mol. The highest BCUT2D eigenvalue weighted by Crippen LogP contribution is 2.38. The SMILES string of the molecule is CC1=CC(C2=NC=CC2=C2C=CC=N2)(N2NC(c3ccccc3)=NN2c2ccccc2)N=C1C. The predicted octanol–water partition coefficient (Wildman–Crippen LogP) is 4.57. The smallest absolute Gasteiger partial charge is 0.213 e. The number of hydrazine groups is 2. The van der Waals surface area contributed by atoms with Gasteiger partial charge >= 0.3 is 0 Å². The van der Waals surface area contributed by atoms with E-state index in [1.54, 1.807) is 6.21 Å². The van der Waals surface area contributed by atoms with Gasteiger partial charge in [-0.2, -0.15) is 5.12 Å². The minimum absolute atomic E-state index is 0.731. The lowest BCUT2D eigenvalue weighted by Crippen LogP contribution is -2.61. The zero-order chi connectivity index (χ0) is 23.1. The van der Waals surface area contributed by atoms with Crippen molar-refractivity contribution in [3.8, 4) is 0 Å². The van der Waals surface area contributed by atoms with E-state index in [9.17, 15) is 0 Å². The van der Waals surface area contributed by atoms with Crippen molar-refractivity contribution in [2.24, 2.45) is 20.1 Å². The number of aliphatic imine (C=N–C) groups is 3. The van der Waals surface area contributed by atoms with Crippen LogP contribution in [0.5, 0.6) is 0 Å². The number of para-hydroxylation sites is 1. The van der Waals surface area contributed by atoms with Gasteiger partial charge in [-0.15, -0.1) is 5.10 Å². The van der Waals surface area contributed by atoms with E-state index in [2.05, 4.69) is 23.4 Å². The Hall–Kier alpha value is -4.36. The Labute approximate surface area is 198 Å². The fourth-order valence-electron chi connectivity index (χ4n) is 4.40. The number of nitrogens with zero attached hydrogens (tertiary/aromatic N) is 6. The van der Waals surface area contributed by atoms with Gasteiger partial charge in [0.25, 0.3) is 0 Å². The van der Waals surface area contributed by atoms with Crippen LogP contribution in [0, 0.1) is 0 Å². The Balaban J connectivity index is 1.52. The van der Waals surface area contributed by atoms with Crippen LogP contribution in [0.15, 0.2) is 128 Å². The summed E-state index contributed by atoms with van der Waals surface area (Å²) >= 11 is 0. The second-order valence-electron chi connectivity index (χ2n) is 8.34. The van der Waals surface area contributed by atoms with E-state index in [-0.39, 0.29) is 0 Å². The fraction of sp³-hybridized carbons (Fsp3) is 0.111. The number of hydrazone groups is 1. The third kappa shape index (κ3) is 3.17. The highest BCUT2D eigenvalue weighted by Gasteiger charge is 2.51. The molecule has 34 heavy (non-hydrogen) atoms. The highest BCUT2D eigenvalue weighted by atomic mass is 16.0. The molecule has 1 unspecified atom stereocenters. The second-order valence-corrected chi connectivity index (χ2v) is 8.34. The van der Waals surface area contributed by atoms with Crippen LogP contribution in [0.4, 0.5) is 5.69 Å². The lowest BCUT2D eigenvalue weighted by atomic mass is 9.96. The molecule has 4 heterocycles. The molecule has 2 aromatic rings. The summed E-state index contributed by atoms with van der Waals surface area (Å²) in [5.74, 6) is 0.731. The van der Waals surface area contributed by atoms with Crippen LogP contribution in [0.1, 0.15) is 19.4 Å². The zero-order valence-corrected chi connectivity index (χ0v) is 18.9. The van der Waals surface area contributed by atoms with E-state index < -0.39 is 5.66 Å². The molecule has 166 valence electrons. The van der Waals surface area contributed by atoms with Gasteiger partial charge < -0.3 is 0 Å². The molecule has 0 bridgehead atoms. The van der Waals surface area contributed by atoms with Crippen LogP contribution in [0.25, 0.3) is 0 Å². The third-order valence-corrected chi connectivity index (χ3v) is 6.16. The normalized spacial score (nSPS) is 25.5. The van der Waals surface area contributed by atoms with Gasteiger partial charge in [0, 0.05) is 29.3 Å². The van der Waals surface area contributed by atoms with Gasteiger partial charge in [0.1, 0.15) is 0 Å². The van der Waals surface area contributed by atoms with Crippen molar-refractivity contribution in [2.45, 2.75) is 19.5 Å². The third-order valence-electron chi connectivity index (χ3n) is 6.16. The van der Waals surface area contributed by atoms with E-state index in [4.69, 9.17) is 15.1 Å². The summed E-state index contributed by atoms with van der Waals surface area (Å²) in [5, 5.41) is 8.80. The van der Waals surface area contributed by atoms with Gasteiger partial charge in [-0.05, 0) is 55.9 Å². The minimum atomic E-state index is -0.957. The Bertz CT molecular complexity index is 1360. The summed E-state index contributed by atoms with van der Waals surface area (Å²) < 4.78 is 0. The van der Waals surface area contributed by atoms with Gasteiger partial charge in [-0.25, -0.2) is 0 Å². The molecule has 0 aliphatic carbocycles. The van der Waals surface area contributed by atoms with Crippen LogP contribution >= 0.6 is 0 Å². The largest absolute Gasteiger partial charge is 0.279 e. The van der Waals surface area contributed by atoms with E-state index in [0.29, 0.717) is 0 Å². The molecule has 0 amide bonds. The van der Waals surface area contributed by atoms with E-state index in [0.717, 1.165) is 45.4 Å². The Morgan fingerprint density at radius 1 is 0.912 bits per heavy atom. The van der Waals surface area contributed by atoms with E-state index in [1.165, 1.54) is 0 Å². The van der Waals surface area contributed by atoms with Crippen LogP contribution < -0.4 is 10.5 Å². The number of rotatable bonds is 4. The molecule has 6 rings (SSSR count). The number of nitrogens with one attached hydrogen (secondary N) is 1. The maximum absolute atomic E-state index is 5.18. The number of allylic oxidation sites excluding steroid dienone is 4. The first kappa shape index (κ1) is 20.3. The first-order valence-electron chi connectivity index (χ1n) is 11.2. The average Bonchev–Trinajstić information content (AvgIpc) is 3.67. The fourth-order valence-corrected chi connectivity index (χ4v) is 4.40. The molecule has 4 aliphatic rings. The van der Waals surface area contributed by atoms with E-state index in [1.807, 2.05) is 102 Å². The van der Waals surface area contributed by atoms with Crippen LogP contribution in [-0.2, 0) is 0 Å². The Morgan fingerprint density at radius 2 is 1.68 bits per heavy atom. The molecule has 7 heteroatoms. The lowest BCUT2D eigenvalue weighted by molar-refractivity contribution is 0.159. The van der Waals surface area contributed by atoms with Gasteiger partial charge in [0.05, 0.1) is 17.1 Å². The Kier molecular flexibility index (Phi) is 4.71. The summed E-state index contributed by atoms with van der Waals surface area (Å²) in [4.78, 5) is 14.5. The van der Waals surface area contributed by atoms with Gasteiger partial charge in [-0.1, -0.05) is 53.6 Å². The van der Waals surface area contributed by atoms with E-state index >= 15 is 0 Å². The van der Waals surface area contributed by atoms with Crippen molar-refractivity contribution in [1.82, 2.24) is 10.5 Å². The van der Waals surface area contributed by atoms with Gasteiger partial charge in [0.15, 0.2) is 5.84 Å². The summed E-state index contributed by atoms with van der Waals surface area (Å²) in [5.41, 5.74) is 9.11. The van der Waals surface area contributed by atoms with Gasteiger partial charge in [-0.3, -0.25) is 20.4 Å². The minimum Gasteiger partial charge on any atom is -0.279 e. The first-order valence-corrected chi connectivity index (χ1v) is 11.2. The zero-order valence-electron chi connectivity index (χ0n) is 18.9. The summed E-state index contributed by atoms with van der Waals surface area (Å²) in [6.07, 6.45) is 11.7. The van der Waals surface area contributed by atoms with Crippen molar-refractivity contribution in [2.75, 3.05) is 5.12 Å². The molecule has 2 aromatic carbocycles. The maximum atomic E-state index is 5.18. The molecule has 0 saturated carbocycles. The summed E-state index contributed by atoms with van der Waals surface area (Å²) in [6, 6.07) is 20.1. The molecule has 0 saturated heterocycles. The number of benzene rings is 2.